The highest BCUT2D eigenvalue weighted by Crippen LogP contribution is 2.35. The van der Waals surface area contributed by atoms with Crippen LogP contribution in [0.4, 0.5) is 15.8 Å². The first-order valence-corrected chi connectivity index (χ1v) is 11.1. The van der Waals surface area contributed by atoms with E-state index < -0.39 is 4.92 Å². The molecule has 2 heterocycles. The summed E-state index contributed by atoms with van der Waals surface area (Å²) in [6.45, 7) is 6.15. The second-order valence-corrected chi connectivity index (χ2v) is 8.48. The molecule has 0 radical (unpaired) electrons. The second-order valence-electron chi connectivity index (χ2n) is 7.47. The topological polar surface area (TPSA) is 80.7 Å². The number of carbonyl (C=O) groups is 1. The van der Waals surface area contributed by atoms with Crippen molar-refractivity contribution in [2.24, 2.45) is 4.99 Å². The molecule has 0 atom stereocenters. The predicted molar refractivity (Wildman–Crippen MR) is 128 cm³/mol. The molecule has 3 aromatic rings. The largest absolute Gasteiger partial charge is 0.318 e. The minimum atomic E-state index is -0.421. The van der Waals surface area contributed by atoms with Crippen molar-refractivity contribution in [2.75, 3.05) is 6.54 Å². The SMILES string of the molecule is CCN1C(=O)/C(=C\c2cc(C)n(-c3cccc([N+](=O)[O-])c3)c2C)SC1=Nc1ccc(F)cc1. The molecule has 0 aliphatic carbocycles. The summed E-state index contributed by atoms with van der Waals surface area (Å²) in [5.74, 6) is -0.496. The van der Waals surface area contributed by atoms with Crippen LogP contribution in [0.3, 0.4) is 0 Å². The number of aliphatic imine (C=N–C) groups is 1. The Labute approximate surface area is 194 Å². The molecule has 1 aromatic heterocycles. The summed E-state index contributed by atoms with van der Waals surface area (Å²) in [6.07, 6.45) is 1.82. The standard InChI is InChI=1S/C24H21FN4O3S/c1-4-27-23(30)22(33-24(27)26-19-10-8-18(25)9-11-19)13-17-12-15(2)28(16(17)3)20-6-5-7-21(14-20)29(31)32/h5-14H,4H2,1-3H3/b22-13+,26-24?. The molecule has 1 aliphatic heterocycles. The van der Waals surface area contributed by atoms with Crippen molar-refractivity contribution >= 4 is 40.3 Å². The maximum absolute atomic E-state index is 13.2. The number of amides is 1. The Morgan fingerprint density at radius 3 is 2.55 bits per heavy atom. The Balaban J connectivity index is 1.70. The molecule has 4 rings (SSSR count). The van der Waals surface area contributed by atoms with Crippen LogP contribution in [0, 0.1) is 29.8 Å². The van der Waals surface area contributed by atoms with Gasteiger partial charge in [0, 0.05) is 30.1 Å². The summed E-state index contributed by atoms with van der Waals surface area (Å²) in [4.78, 5) is 30.4. The number of hydrogen-bond donors (Lipinski definition) is 0. The number of rotatable bonds is 5. The first-order chi connectivity index (χ1) is 15.8. The quantitative estimate of drug-likeness (QED) is 0.273. The smallest absolute Gasteiger partial charge is 0.271 e. The number of carbonyl (C=O) groups excluding carboxylic acids is 1. The number of nitrogens with zero attached hydrogens (tertiary/aromatic N) is 4. The lowest BCUT2D eigenvalue weighted by molar-refractivity contribution is -0.384. The van der Waals surface area contributed by atoms with E-state index in [2.05, 4.69) is 4.99 Å². The number of benzene rings is 2. The van der Waals surface area contributed by atoms with E-state index in [1.807, 2.05) is 43.5 Å². The average Bonchev–Trinajstić information content (AvgIpc) is 3.24. The van der Waals surface area contributed by atoms with E-state index in [9.17, 15) is 19.3 Å². The van der Waals surface area contributed by atoms with E-state index in [4.69, 9.17) is 0 Å². The molecule has 9 heteroatoms. The Hall–Kier alpha value is -3.72. The van der Waals surface area contributed by atoms with E-state index in [0.717, 1.165) is 17.0 Å². The number of hydrogen-bond acceptors (Lipinski definition) is 5. The normalized spacial score (nSPS) is 16.2. The Kier molecular flexibility index (Phi) is 6.15. The monoisotopic (exact) mass is 464 g/mol. The van der Waals surface area contributed by atoms with Crippen molar-refractivity contribution in [3.63, 3.8) is 0 Å². The highest BCUT2D eigenvalue weighted by molar-refractivity contribution is 8.18. The van der Waals surface area contributed by atoms with Crippen LogP contribution in [0.15, 0.2) is 64.5 Å². The average molecular weight is 465 g/mol. The van der Waals surface area contributed by atoms with Crippen molar-refractivity contribution in [1.82, 2.24) is 9.47 Å². The zero-order valence-electron chi connectivity index (χ0n) is 18.3. The van der Waals surface area contributed by atoms with Crippen LogP contribution in [0.5, 0.6) is 0 Å². The van der Waals surface area contributed by atoms with Crippen LogP contribution in [-0.2, 0) is 4.79 Å². The van der Waals surface area contributed by atoms with Crippen molar-refractivity contribution in [3.05, 3.63) is 92.4 Å². The molecule has 0 bridgehead atoms. The summed E-state index contributed by atoms with van der Waals surface area (Å²) in [7, 11) is 0. The summed E-state index contributed by atoms with van der Waals surface area (Å²) in [5.41, 5.74) is 3.86. The van der Waals surface area contributed by atoms with Crippen LogP contribution in [0.25, 0.3) is 11.8 Å². The fraction of sp³-hybridized carbons (Fsp3) is 0.167. The zero-order chi connectivity index (χ0) is 23.7. The first kappa shape index (κ1) is 22.5. The van der Waals surface area contributed by atoms with Gasteiger partial charge in [-0.2, -0.15) is 0 Å². The van der Waals surface area contributed by atoms with Gasteiger partial charge in [-0.1, -0.05) is 6.07 Å². The van der Waals surface area contributed by atoms with Gasteiger partial charge in [-0.15, -0.1) is 0 Å². The molecule has 1 saturated heterocycles. The van der Waals surface area contributed by atoms with Crippen LogP contribution >= 0.6 is 11.8 Å². The Morgan fingerprint density at radius 2 is 1.88 bits per heavy atom. The van der Waals surface area contributed by atoms with Crippen LogP contribution in [0.2, 0.25) is 0 Å². The second kappa shape index (κ2) is 9.03. The molecule has 2 aromatic carbocycles. The number of halogens is 1. The molecular formula is C24H21FN4O3S. The van der Waals surface area contributed by atoms with Gasteiger partial charge >= 0.3 is 0 Å². The van der Waals surface area contributed by atoms with Crippen molar-refractivity contribution < 1.29 is 14.1 Å². The molecule has 1 amide bonds. The van der Waals surface area contributed by atoms with Gasteiger partial charge in [0.05, 0.1) is 21.2 Å². The molecule has 0 N–H and O–H groups in total. The number of nitro benzene ring substituents is 1. The van der Waals surface area contributed by atoms with Gasteiger partial charge in [0.15, 0.2) is 5.17 Å². The molecule has 0 unspecified atom stereocenters. The highest BCUT2D eigenvalue weighted by Gasteiger charge is 2.32. The van der Waals surface area contributed by atoms with Gasteiger partial charge in [0.25, 0.3) is 11.6 Å². The number of amidine groups is 1. The molecule has 1 fully saturated rings. The predicted octanol–water partition coefficient (Wildman–Crippen LogP) is 5.77. The van der Waals surface area contributed by atoms with Crippen molar-refractivity contribution in [1.29, 1.82) is 0 Å². The number of non-ortho nitro benzene ring substituents is 1. The van der Waals surface area contributed by atoms with Crippen LogP contribution < -0.4 is 0 Å². The zero-order valence-corrected chi connectivity index (χ0v) is 19.1. The minimum absolute atomic E-state index is 0.0154. The van der Waals surface area contributed by atoms with E-state index in [0.29, 0.717) is 28.0 Å². The van der Waals surface area contributed by atoms with E-state index >= 15 is 0 Å². The third-order valence-corrected chi connectivity index (χ3v) is 6.32. The number of aromatic nitrogens is 1. The maximum atomic E-state index is 13.2. The Morgan fingerprint density at radius 1 is 1.15 bits per heavy atom. The molecule has 1 aliphatic rings. The van der Waals surface area contributed by atoms with Crippen LogP contribution in [-0.4, -0.2) is 32.0 Å². The molecule has 33 heavy (non-hydrogen) atoms. The Bertz CT molecular complexity index is 1310. The lowest BCUT2D eigenvalue weighted by Crippen LogP contribution is -2.28. The highest BCUT2D eigenvalue weighted by atomic mass is 32.2. The summed E-state index contributed by atoms with van der Waals surface area (Å²) in [5, 5.41) is 11.7. The van der Waals surface area contributed by atoms with Gasteiger partial charge in [-0.3, -0.25) is 19.8 Å². The van der Waals surface area contributed by atoms with Gasteiger partial charge < -0.3 is 4.57 Å². The fourth-order valence-electron chi connectivity index (χ4n) is 3.71. The molecule has 7 nitrogen and oxygen atoms in total. The summed E-state index contributed by atoms with van der Waals surface area (Å²) < 4.78 is 15.1. The maximum Gasteiger partial charge on any atom is 0.271 e. The van der Waals surface area contributed by atoms with Crippen molar-refractivity contribution in [3.8, 4) is 5.69 Å². The van der Waals surface area contributed by atoms with Gasteiger partial charge in [0.1, 0.15) is 5.82 Å². The van der Waals surface area contributed by atoms with E-state index in [1.165, 1.54) is 36.0 Å². The van der Waals surface area contributed by atoms with E-state index in [1.54, 1.807) is 23.1 Å². The molecule has 0 spiro atoms. The lowest BCUT2D eigenvalue weighted by Gasteiger charge is -2.11. The number of aryl methyl sites for hydroxylation is 1. The van der Waals surface area contributed by atoms with Gasteiger partial charge in [0.2, 0.25) is 0 Å². The summed E-state index contributed by atoms with van der Waals surface area (Å²) in [6, 6.07) is 14.2. The third kappa shape index (κ3) is 4.45. The molecule has 168 valence electrons. The number of likely N-dealkylation sites (N-methyl/N-ethyl adjacent to an activating group) is 1. The third-order valence-electron chi connectivity index (χ3n) is 5.31. The number of thioether (sulfide) groups is 1. The fourth-order valence-corrected chi connectivity index (χ4v) is 4.77. The molecular weight excluding hydrogens is 443 g/mol. The lowest BCUT2D eigenvalue weighted by atomic mass is 10.2. The van der Waals surface area contributed by atoms with Gasteiger partial charge in [-0.25, -0.2) is 9.38 Å². The molecule has 0 saturated carbocycles. The van der Waals surface area contributed by atoms with Gasteiger partial charge in [-0.05, 0) is 80.6 Å². The van der Waals surface area contributed by atoms with Crippen LogP contribution in [0.1, 0.15) is 23.9 Å². The van der Waals surface area contributed by atoms with Crippen molar-refractivity contribution in [2.45, 2.75) is 20.8 Å². The summed E-state index contributed by atoms with van der Waals surface area (Å²) >= 11 is 1.27. The first-order valence-electron chi connectivity index (χ1n) is 10.3. The number of nitro groups is 1. The minimum Gasteiger partial charge on any atom is -0.318 e. The van der Waals surface area contributed by atoms with E-state index in [-0.39, 0.29) is 17.4 Å².